The molecule has 0 saturated carbocycles. The average molecular weight is 306 g/mol. The number of carbonyl (C=O) groups excluding carboxylic acids is 2. The molecule has 0 bridgehead atoms. The first-order chi connectivity index (χ1) is 9.79. The fourth-order valence-corrected chi connectivity index (χ4v) is 1.86. The van der Waals surface area contributed by atoms with Crippen molar-refractivity contribution in [2.45, 2.75) is 68.2 Å². The highest BCUT2D eigenvalue weighted by atomic mass is 16.1. The van der Waals surface area contributed by atoms with E-state index in [1.165, 1.54) is 0 Å². The van der Waals surface area contributed by atoms with Crippen molar-refractivity contribution in [2.75, 3.05) is 0 Å². The zero-order valence-corrected chi connectivity index (χ0v) is 15.7. The molecule has 0 amide bonds. The van der Waals surface area contributed by atoms with Crippen LogP contribution in [0.3, 0.4) is 0 Å². The molecule has 0 radical (unpaired) electrons. The lowest BCUT2D eigenvalue weighted by molar-refractivity contribution is -0.109. The molecule has 2 nitrogen and oxygen atoms in total. The molecule has 0 heterocycles. The summed E-state index contributed by atoms with van der Waals surface area (Å²) in [7, 11) is 0. The van der Waals surface area contributed by atoms with Crippen molar-refractivity contribution < 1.29 is 9.59 Å². The minimum atomic E-state index is -0.115. The molecule has 126 valence electrons. The van der Waals surface area contributed by atoms with Gasteiger partial charge in [0.05, 0.1) is 0 Å². The highest BCUT2D eigenvalue weighted by Gasteiger charge is 2.33. The largest absolute Gasteiger partial charge is 0.303 e. The standard InChI is InChI=1S/C20H34O2/c1-17(2,13-15-21)9-11-19(5,6)20(7,8)12-10-18(3,4)14-16-22/h9-12,15-16H,13-14H2,1-8H3/b11-9+,12-10+. The third kappa shape index (κ3) is 6.72. The van der Waals surface area contributed by atoms with Gasteiger partial charge in [0.1, 0.15) is 12.6 Å². The van der Waals surface area contributed by atoms with E-state index in [1.54, 1.807) is 0 Å². The molecule has 0 aliphatic heterocycles. The minimum Gasteiger partial charge on any atom is -0.303 e. The summed E-state index contributed by atoms with van der Waals surface area (Å²) in [6.45, 7) is 17.1. The Kier molecular flexibility index (Phi) is 6.99. The maximum absolute atomic E-state index is 10.7. The van der Waals surface area contributed by atoms with Crippen molar-refractivity contribution in [3.8, 4) is 0 Å². The molecule has 0 spiro atoms. The molecule has 0 unspecified atom stereocenters. The van der Waals surface area contributed by atoms with Crippen LogP contribution in [0.2, 0.25) is 0 Å². The van der Waals surface area contributed by atoms with Crippen LogP contribution in [0, 0.1) is 21.7 Å². The van der Waals surface area contributed by atoms with Crippen LogP contribution in [0.15, 0.2) is 24.3 Å². The van der Waals surface area contributed by atoms with Gasteiger partial charge in [-0.2, -0.15) is 0 Å². The van der Waals surface area contributed by atoms with Gasteiger partial charge in [-0.1, -0.05) is 79.7 Å². The van der Waals surface area contributed by atoms with E-state index in [2.05, 4.69) is 79.7 Å². The van der Waals surface area contributed by atoms with Crippen LogP contribution in [0.1, 0.15) is 68.2 Å². The Hall–Kier alpha value is -1.18. The van der Waals surface area contributed by atoms with Gasteiger partial charge in [-0.15, -0.1) is 0 Å². The van der Waals surface area contributed by atoms with Crippen molar-refractivity contribution in [3.05, 3.63) is 24.3 Å². The maximum atomic E-state index is 10.7. The number of allylic oxidation sites excluding steroid dienone is 4. The molecule has 0 aliphatic carbocycles. The summed E-state index contributed by atoms with van der Waals surface area (Å²) in [4.78, 5) is 21.5. The fourth-order valence-electron chi connectivity index (χ4n) is 1.86. The van der Waals surface area contributed by atoms with Crippen LogP contribution in [-0.2, 0) is 9.59 Å². The second-order valence-corrected chi connectivity index (χ2v) is 8.83. The summed E-state index contributed by atoms with van der Waals surface area (Å²) in [5.41, 5.74) is -0.340. The van der Waals surface area contributed by atoms with E-state index in [0.29, 0.717) is 12.8 Å². The van der Waals surface area contributed by atoms with E-state index in [0.717, 1.165) is 12.6 Å². The predicted molar refractivity (Wildman–Crippen MR) is 94.8 cm³/mol. The second-order valence-electron chi connectivity index (χ2n) is 8.83. The zero-order chi connectivity index (χ0) is 17.7. The van der Waals surface area contributed by atoms with Gasteiger partial charge in [-0.05, 0) is 21.7 Å². The van der Waals surface area contributed by atoms with Crippen LogP contribution >= 0.6 is 0 Å². The highest BCUT2D eigenvalue weighted by molar-refractivity contribution is 5.51. The summed E-state index contributed by atoms with van der Waals surface area (Å²) in [6, 6.07) is 0. The van der Waals surface area contributed by atoms with E-state index in [9.17, 15) is 9.59 Å². The van der Waals surface area contributed by atoms with Gasteiger partial charge in [0, 0.05) is 12.8 Å². The van der Waals surface area contributed by atoms with Crippen LogP contribution in [-0.4, -0.2) is 12.6 Å². The molecule has 0 saturated heterocycles. The maximum Gasteiger partial charge on any atom is 0.120 e. The zero-order valence-electron chi connectivity index (χ0n) is 15.7. The van der Waals surface area contributed by atoms with Gasteiger partial charge >= 0.3 is 0 Å². The van der Waals surface area contributed by atoms with Crippen molar-refractivity contribution >= 4 is 12.6 Å². The van der Waals surface area contributed by atoms with Crippen molar-refractivity contribution in [1.82, 2.24) is 0 Å². The minimum absolute atomic E-state index is 0.0546. The van der Waals surface area contributed by atoms with Crippen LogP contribution in [0.4, 0.5) is 0 Å². The molecule has 2 heteroatoms. The van der Waals surface area contributed by atoms with E-state index in [-0.39, 0.29) is 21.7 Å². The lowest BCUT2D eigenvalue weighted by Gasteiger charge is -2.39. The fraction of sp³-hybridized carbons (Fsp3) is 0.700. The molecule has 0 aromatic rings. The highest BCUT2D eigenvalue weighted by Crippen LogP contribution is 2.43. The summed E-state index contributed by atoms with van der Waals surface area (Å²) >= 11 is 0. The third-order valence-electron chi connectivity index (χ3n) is 4.78. The molecule has 22 heavy (non-hydrogen) atoms. The Morgan fingerprint density at radius 2 is 0.818 bits per heavy atom. The summed E-state index contributed by atoms with van der Waals surface area (Å²) < 4.78 is 0. The summed E-state index contributed by atoms with van der Waals surface area (Å²) in [6.07, 6.45) is 11.7. The molecule has 0 fully saturated rings. The average Bonchev–Trinajstić information content (AvgIpc) is 2.34. The number of rotatable bonds is 9. The van der Waals surface area contributed by atoms with Gasteiger partial charge in [0.15, 0.2) is 0 Å². The van der Waals surface area contributed by atoms with Crippen LogP contribution in [0.5, 0.6) is 0 Å². The van der Waals surface area contributed by atoms with E-state index in [4.69, 9.17) is 0 Å². The Labute approximate surface area is 137 Å². The number of aldehydes is 2. The lowest BCUT2D eigenvalue weighted by atomic mass is 9.66. The smallest absolute Gasteiger partial charge is 0.120 e. The second kappa shape index (κ2) is 7.39. The van der Waals surface area contributed by atoms with Crippen LogP contribution in [0.25, 0.3) is 0 Å². The van der Waals surface area contributed by atoms with E-state index < -0.39 is 0 Å². The number of carbonyl (C=O) groups is 2. The molecule has 0 aliphatic rings. The first-order valence-corrected chi connectivity index (χ1v) is 8.07. The first kappa shape index (κ1) is 20.8. The van der Waals surface area contributed by atoms with Gasteiger partial charge in [0.25, 0.3) is 0 Å². The van der Waals surface area contributed by atoms with Gasteiger partial charge in [-0.25, -0.2) is 0 Å². The Morgan fingerprint density at radius 1 is 0.545 bits per heavy atom. The summed E-state index contributed by atoms with van der Waals surface area (Å²) in [5, 5.41) is 0. The topological polar surface area (TPSA) is 34.1 Å². The monoisotopic (exact) mass is 306 g/mol. The van der Waals surface area contributed by atoms with Crippen molar-refractivity contribution in [3.63, 3.8) is 0 Å². The Balaban J connectivity index is 5.24. The lowest BCUT2D eigenvalue weighted by Crippen LogP contribution is -2.30. The first-order valence-electron chi connectivity index (χ1n) is 8.07. The SMILES string of the molecule is CC(C)(/C=C/C(C)(C)C(C)(C)/C=C/C(C)(C)CC=O)CC=O. The molecule has 0 rings (SSSR count). The quantitative estimate of drug-likeness (QED) is 0.423. The van der Waals surface area contributed by atoms with Gasteiger partial charge < -0.3 is 9.59 Å². The van der Waals surface area contributed by atoms with Crippen molar-refractivity contribution in [2.24, 2.45) is 21.7 Å². The third-order valence-corrected chi connectivity index (χ3v) is 4.78. The Morgan fingerprint density at radius 3 is 1.05 bits per heavy atom. The normalized spacial score (nSPS) is 14.7. The molecule has 0 atom stereocenters. The molecule has 0 aromatic heterocycles. The van der Waals surface area contributed by atoms with Crippen molar-refractivity contribution in [1.29, 1.82) is 0 Å². The number of hydrogen-bond donors (Lipinski definition) is 0. The van der Waals surface area contributed by atoms with E-state index in [1.807, 2.05) is 0 Å². The van der Waals surface area contributed by atoms with Gasteiger partial charge in [0.2, 0.25) is 0 Å². The van der Waals surface area contributed by atoms with Crippen LogP contribution < -0.4 is 0 Å². The summed E-state index contributed by atoms with van der Waals surface area (Å²) in [5.74, 6) is 0. The van der Waals surface area contributed by atoms with E-state index >= 15 is 0 Å². The predicted octanol–water partition coefficient (Wildman–Crippen LogP) is 5.38. The molecular formula is C20H34O2. The molecule has 0 N–H and O–H groups in total. The molecular weight excluding hydrogens is 272 g/mol. The Bertz CT molecular complexity index is 393. The number of hydrogen-bond acceptors (Lipinski definition) is 2. The van der Waals surface area contributed by atoms with Gasteiger partial charge in [-0.3, -0.25) is 0 Å². The molecule has 0 aromatic carbocycles.